The second-order valence-corrected chi connectivity index (χ2v) is 5.19. The van der Waals surface area contributed by atoms with Crippen LogP contribution < -0.4 is 4.74 Å². The Morgan fingerprint density at radius 1 is 1.35 bits per heavy atom. The van der Waals surface area contributed by atoms with Gasteiger partial charge in [0.2, 0.25) is 0 Å². The third kappa shape index (κ3) is 2.50. The zero-order chi connectivity index (χ0) is 13.9. The van der Waals surface area contributed by atoms with Gasteiger partial charge in [-0.1, -0.05) is 11.2 Å². The van der Waals surface area contributed by atoms with Crippen LogP contribution in [0, 0.1) is 0 Å². The Morgan fingerprint density at radius 2 is 2.25 bits per heavy atom. The van der Waals surface area contributed by atoms with E-state index in [1.165, 1.54) is 6.07 Å². The third-order valence-corrected chi connectivity index (χ3v) is 3.69. The van der Waals surface area contributed by atoms with Crippen LogP contribution in [0.3, 0.4) is 0 Å². The van der Waals surface area contributed by atoms with Crippen molar-refractivity contribution in [3.63, 3.8) is 0 Å². The Kier molecular flexibility index (Phi) is 3.39. The molecule has 0 saturated heterocycles. The summed E-state index contributed by atoms with van der Waals surface area (Å²) in [5.41, 5.74) is 0.496. The Balaban J connectivity index is 1.86. The van der Waals surface area contributed by atoms with Gasteiger partial charge in [-0.15, -0.1) is 11.3 Å². The van der Waals surface area contributed by atoms with Crippen LogP contribution in [0.2, 0.25) is 0 Å². The summed E-state index contributed by atoms with van der Waals surface area (Å²) in [6.07, 6.45) is 0.623. The van der Waals surface area contributed by atoms with E-state index >= 15 is 0 Å². The first-order chi connectivity index (χ1) is 9.76. The molecule has 0 bridgehead atoms. The van der Waals surface area contributed by atoms with Crippen LogP contribution in [0.4, 0.5) is 0 Å². The fraction of sp³-hybridized carbons (Fsp3) is 0.143. The monoisotopic (exact) mass is 288 g/mol. The highest BCUT2D eigenvalue weighted by Gasteiger charge is 2.14. The molecule has 0 atom stereocenters. The molecule has 20 heavy (non-hydrogen) atoms. The van der Waals surface area contributed by atoms with E-state index in [1.807, 2.05) is 17.5 Å². The molecule has 1 N–H and O–H groups in total. The molecule has 3 rings (SSSR count). The maximum Gasteiger partial charge on any atom is 0.261 e. The number of nitrogens with zero attached hydrogens (tertiary/aromatic N) is 2. The quantitative estimate of drug-likeness (QED) is 0.799. The molecule has 2 aromatic heterocycles. The van der Waals surface area contributed by atoms with E-state index in [2.05, 4.69) is 10.1 Å². The van der Waals surface area contributed by atoms with Gasteiger partial charge in [-0.3, -0.25) is 0 Å². The number of benzene rings is 1. The minimum absolute atomic E-state index is 0.0515. The van der Waals surface area contributed by atoms with Crippen molar-refractivity contribution in [3.8, 4) is 23.0 Å². The Labute approximate surface area is 119 Å². The van der Waals surface area contributed by atoms with Crippen LogP contribution >= 0.6 is 11.3 Å². The van der Waals surface area contributed by atoms with Gasteiger partial charge in [0.15, 0.2) is 5.82 Å². The molecule has 0 radical (unpaired) electrons. The van der Waals surface area contributed by atoms with Crippen molar-refractivity contribution < 1.29 is 14.4 Å². The zero-order valence-corrected chi connectivity index (χ0v) is 11.6. The summed E-state index contributed by atoms with van der Waals surface area (Å²) in [5, 5.41) is 15.9. The molecular formula is C14H12N2O3S. The molecule has 0 amide bonds. The molecule has 0 aliphatic heterocycles. The summed E-state index contributed by atoms with van der Waals surface area (Å²) in [6, 6.07) is 8.94. The average molecular weight is 288 g/mol. The van der Waals surface area contributed by atoms with Crippen molar-refractivity contribution in [2.24, 2.45) is 0 Å². The molecular weight excluding hydrogens is 276 g/mol. The lowest BCUT2D eigenvalue weighted by atomic mass is 10.2. The number of methoxy groups -OCH3 is 1. The van der Waals surface area contributed by atoms with Crippen molar-refractivity contribution in [1.29, 1.82) is 0 Å². The van der Waals surface area contributed by atoms with Crippen molar-refractivity contribution in [3.05, 3.63) is 46.4 Å². The molecule has 0 aliphatic carbocycles. The van der Waals surface area contributed by atoms with Crippen LogP contribution in [0.1, 0.15) is 10.7 Å². The molecule has 0 saturated carbocycles. The summed E-state index contributed by atoms with van der Waals surface area (Å²) in [6.45, 7) is 0. The van der Waals surface area contributed by atoms with Crippen molar-refractivity contribution in [2.75, 3.05) is 7.11 Å². The van der Waals surface area contributed by atoms with Crippen LogP contribution in [-0.4, -0.2) is 22.4 Å². The van der Waals surface area contributed by atoms with Crippen molar-refractivity contribution in [2.45, 2.75) is 6.42 Å². The topological polar surface area (TPSA) is 68.4 Å². The third-order valence-electron chi connectivity index (χ3n) is 2.82. The number of ether oxygens (including phenoxy) is 1. The van der Waals surface area contributed by atoms with Gasteiger partial charge in [-0.2, -0.15) is 4.98 Å². The first-order valence-electron chi connectivity index (χ1n) is 5.98. The standard InChI is InChI=1S/C14H12N2O3S/c1-18-9-4-5-11(12(17)7-9)14-15-13(16-19-14)8-10-3-2-6-20-10/h2-7,17H,8H2,1H3. The van der Waals surface area contributed by atoms with Crippen LogP contribution in [0.25, 0.3) is 11.5 Å². The van der Waals surface area contributed by atoms with Gasteiger partial charge in [-0.25, -0.2) is 0 Å². The number of hydrogen-bond donors (Lipinski definition) is 1. The van der Waals surface area contributed by atoms with E-state index in [0.29, 0.717) is 29.4 Å². The molecule has 6 heteroatoms. The number of rotatable bonds is 4. The van der Waals surface area contributed by atoms with Crippen molar-refractivity contribution in [1.82, 2.24) is 10.1 Å². The van der Waals surface area contributed by atoms with Crippen molar-refractivity contribution >= 4 is 11.3 Å². The highest BCUT2D eigenvalue weighted by Crippen LogP contribution is 2.31. The highest BCUT2D eigenvalue weighted by atomic mass is 32.1. The van der Waals surface area contributed by atoms with Gasteiger partial charge in [0.25, 0.3) is 5.89 Å². The normalized spacial score (nSPS) is 10.7. The lowest BCUT2D eigenvalue weighted by Crippen LogP contribution is -1.88. The number of aromatic nitrogens is 2. The molecule has 0 spiro atoms. The highest BCUT2D eigenvalue weighted by molar-refractivity contribution is 7.09. The molecule has 2 heterocycles. The number of hydrogen-bond acceptors (Lipinski definition) is 6. The molecule has 3 aromatic rings. The number of phenolic OH excluding ortho intramolecular Hbond substituents is 1. The molecule has 0 aliphatic rings. The SMILES string of the molecule is COc1ccc(-c2nc(Cc3cccs3)no2)c(O)c1. The predicted molar refractivity (Wildman–Crippen MR) is 75.1 cm³/mol. The summed E-state index contributed by atoms with van der Waals surface area (Å²) in [5.74, 6) is 1.52. The minimum atomic E-state index is 0.0515. The summed E-state index contributed by atoms with van der Waals surface area (Å²) < 4.78 is 10.2. The predicted octanol–water partition coefficient (Wildman–Crippen LogP) is 3.10. The average Bonchev–Trinajstić information content (AvgIpc) is 3.11. The first kappa shape index (κ1) is 12.7. The van der Waals surface area contributed by atoms with E-state index in [1.54, 1.807) is 30.6 Å². The van der Waals surface area contributed by atoms with E-state index in [-0.39, 0.29) is 5.75 Å². The Bertz CT molecular complexity index is 707. The number of phenols is 1. The van der Waals surface area contributed by atoms with Gasteiger partial charge in [0, 0.05) is 17.4 Å². The number of thiophene rings is 1. The first-order valence-corrected chi connectivity index (χ1v) is 6.86. The molecule has 0 unspecified atom stereocenters. The zero-order valence-electron chi connectivity index (χ0n) is 10.7. The molecule has 0 fully saturated rings. The smallest absolute Gasteiger partial charge is 0.261 e. The molecule has 5 nitrogen and oxygen atoms in total. The summed E-state index contributed by atoms with van der Waals surface area (Å²) in [4.78, 5) is 5.46. The van der Waals surface area contributed by atoms with Gasteiger partial charge < -0.3 is 14.4 Å². The summed E-state index contributed by atoms with van der Waals surface area (Å²) in [7, 11) is 1.54. The Hall–Kier alpha value is -2.34. The largest absolute Gasteiger partial charge is 0.507 e. The Morgan fingerprint density at radius 3 is 2.95 bits per heavy atom. The fourth-order valence-electron chi connectivity index (χ4n) is 1.82. The van der Waals surface area contributed by atoms with Crippen LogP contribution in [0.5, 0.6) is 11.5 Å². The lowest BCUT2D eigenvalue weighted by Gasteiger charge is -2.02. The lowest BCUT2D eigenvalue weighted by molar-refractivity contribution is 0.404. The van der Waals surface area contributed by atoms with E-state index in [9.17, 15) is 5.11 Å². The van der Waals surface area contributed by atoms with E-state index in [4.69, 9.17) is 9.26 Å². The maximum atomic E-state index is 9.94. The summed E-state index contributed by atoms with van der Waals surface area (Å²) >= 11 is 1.64. The minimum Gasteiger partial charge on any atom is -0.507 e. The van der Waals surface area contributed by atoms with Crippen LogP contribution in [0.15, 0.2) is 40.2 Å². The van der Waals surface area contributed by atoms with Gasteiger partial charge in [0.05, 0.1) is 12.7 Å². The second-order valence-electron chi connectivity index (χ2n) is 4.15. The van der Waals surface area contributed by atoms with Crippen LogP contribution in [-0.2, 0) is 6.42 Å². The van der Waals surface area contributed by atoms with Gasteiger partial charge in [-0.05, 0) is 23.6 Å². The fourth-order valence-corrected chi connectivity index (χ4v) is 2.52. The number of aromatic hydroxyl groups is 1. The van der Waals surface area contributed by atoms with E-state index in [0.717, 1.165) is 4.88 Å². The maximum absolute atomic E-state index is 9.94. The molecule has 102 valence electrons. The van der Waals surface area contributed by atoms with E-state index < -0.39 is 0 Å². The van der Waals surface area contributed by atoms with Gasteiger partial charge in [0.1, 0.15) is 11.5 Å². The molecule has 1 aromatic carbocycles. The second kappa shape index (κ2) is 5.34. The van der Waals surface area contributed by atoms with Gasteiger partial charge >= 0.3 is 0 Å².